The van der Waals surface area contributed by atoms with Crippen LogP contribution in [0.5, 0.6) is 0 Å². The van der Waals surface area contributed by atoms with Gasteiger partial charge in [-0.25, -0.2) is 0 Å². The Morgan fingerprint density at radius 3 is 2.79 bits per heavy atom. The summed E-state index contributed by atoms with van der Waals surface area (Å²) in [4.78, 5) is 0. The molecule has 1 heterocycles. The molecule has 1 aromatic carbocycles. The number of hydrogen-bond acceptors (Lipinski definition) is 3. The van der Waals surface area contributed by atoms with Crippen molar-refractivity contribution in [1.29, 1.82) is 0 Å². The first-order chi connectivity index (χ1) is 9.24. The fourth-order valence-corrected chi connectivity index (χ4v) is 2.85. The van der Waals surface area contributed by atoms with Gasteiger partial charge in [-0.3, -0.25) is 4.68 Å². The molecule has 4 nitrogen and oxygen atoms in total. The lowest BCUT2D eigenvalue weighted by atomic mass is 9.94. The first kappa shape index (κ1) is 12.6. The topological polar surface area (TPSA) is 53.1 Å². The van der Waals surface area contributed by atoms with Crippen LogP contribution in [0, 0.1) is 0 Å². The van der Waals surface area contributed by atoms with Crippen LogP contribution in [0.3, 0.4) is 0 Å². The molecule has 0 atom stereocenters. The second-order valence-corrected chi connectivity index (χ2v) is 5.44. The molecule has 1 fully saturated rings. The summed E-state index contributed by atoms with van der Waals surface area (Å²) in [6, 6.07) is 8.66. The predicted molar refractivity (Wildman–Crippen MR) is 75.7 cm³/mol. The first-order valence-electron chi connectivity index (χ1n) is 7.02. The molecule has 1 saturated carbocycles. The van der Waals surface area contributed by atoms with Gasteiger partial charge in [0, 0.05) is 18.5 Å². The highest BCUT2D eigenvalue weighted by atomic mass is 16.5. The molecule has 0 saturated heterocycles. The smallest absolute Gasteiger partial charge is 0.0960 e. The fraction of sp³-hybridized carbons (Fsp3) is 0.533. The van der Waals surface area contributed by atoms with E-state index in [1.165, 1.54) is 5.39 Å². The van der Waals surface area contributed by atoms with Crippen molar-refractivity contribution in [3.05, 3.63) is 30.0 Å². The second kappa shape index (κ2) is 5.31. The maximum Gasteiger partial charge on any atom is 0.0960 e. The van der Waals surface area contributed by atoms with E-state index in [0.29, 0.717) is 18.8 Å². The van der Waals surface area contributed by atoms with Gasteiger partial charge in [-0.2, -0.15) is 5.10 Å². The minimum Gasteiger partial charge on any atom is -0.372 e. The Morgan fingerprint density at radius 1 is 1.26 bits per heavy atom. The van der Waals surface area contributed by atoms with Crippen LogP contribution in [-0.4, -0.2) is 21.9 Å². The van der Waals surface area contributed by atoms with Gasteiger partial charge in [0.25, 0.3) is 0 Å². The summed E-state index contributed by atoms with van der Waals surface area (Å²) >= 11 is 0. The lowest BCUT2D eigenvalue weighted by Crippen LogP contribution is -2.30. The van der Waals surface area contributed by atoms with Gasteiger partial charge < -0.3 is 10.5 Å². The minimum atomic E-state index is 0.348. The van der Waals surface area contributed by atoms with Gasteiger partial charge in [0.05, 0.1) is 23.9 Å². The number of benzene rings is 1. The van der Waals surface area contributed by atoms with Gasteiger partial charge >= 0.3 is 0 Å². The van der Waals surface area contributed by atoms with Crippen molar-refractivity contribution in [3.63, 3.8) is 0 Å². The van der Waals surface area contributed by atoms with Gasteiger partial charge in [-0.15, -0.1) is 0 Å². The number of fused-ring (bicyclic) bond motifs is 1. The summed E-state index contributed by atoms with van der Waals surface area (Å²) in [7, 11) is 1.98. The number of aryl methyl sites for hydroxylation is 1. The molecule has 0 spiro atoms. The Morgan fingerprint density at radius 2 is 2.00 bits per heavy atom. The molecule has 19 heavy (non-hydrogen) atoms. The van der Waals surface area contributed by atoms with Crippen molar-refractivity contribution in [2.45, 2.75) is 44.4 Å². The maximum atomic E-state index is 6.01. The summed E-state index contributed by atoms with van der Waals surface area (Å²) in [6.07, 6.45) is 4.65. The van der Waals surface area contributed by atoms with E-state index in [4.69, 9.17) is 10.5 Å². The zero-order valence-corrected chi connectivity index (χ0v) is 11.4. The molecule has 0 radical (unpaired) electrons. The van der Waals surface area contributed by atoms with E-state index in [2.05, 4.69) is 17.2 Å². The molecule has 2 N–H and O–H groups in total. The number of nitrogens with zero attached hydrogens (tertiary/aromatic N) is 2. The Kier molecular flexibility index (Phi) is 3.53. The van der Waals surface area contributed by atoms with E-state index in [1.54, 1.807) is 0 Å². The Labute approximate surface area is 113 Å². The maximum absolute atomic E-state index is 6.01. The Balaban J connectivity index is 1.69. The van der Waals surface area contributed by atoms with Gasteiger partial charge in [0.15, 0.2) is 0 Å². The average molecular weight is 259 g/mol. The Hall–Kier alpha value is -1.39. The van der Waals surface area contributed by atoms with Crippen molar-refractivity contribution < 1.29 is 4.74 Å². The molecular weight excluding hydrogens is 238 g/mol. The largest absolute Gasteiger partial charge is 0.372 e. The fourth-order valence-electron chi connectivity index (χ4n) is 2.85. The average Bonchev–Trinajstić information content (AvgIpc) is 2.76. The monoisotopic (exact) mass is 259 g/mol. The van der Waals surface area contributed by atoms with E-state index < -0.39 is 0 Å². The molecule has 0 amide bonds. The molecular formula is C15H21N3O. The third-order valence-corrected chi connectivity index (χ3v) is 4.01. The number of para-hydroxylation sites is 1. The summed E-state index contributed by atoms with van der Waals surface area (Å²) in [5.41, 5.74) is 8.10. The molecule has 2 aromatic rings. The molecule has 102 valence electrons. The number of hydrogen-bond donors (Lipinski definition) is 1. The highest BCUT2D eigenvalue weighted by molar-refractivity contribution is 5.81. The van der Waals surface area contributed by atoms with Crippen LogP contribution in [0.4, 0.5) is 0 Å². The molecule has 0 aliphatic heterocycles. The van der Waals surface area contributed by atoms with Crippen LogP contribution in [0.15, 0.2) is 24.3 Å². The van der Waals surface area contributed by atoms with Crippen molar-refractivity contribution >= 4 is 10.9 Å². The molecule has 0 bridgehead atoms. The standard InChI is InChI=1S/C15H21N3O/c1-18-15-5-3-2-4-13(15)14(17-18)10-19-12-8-6-11(16)7-9-12/h2-5,11-12H,6-10,16H2,1H3. The SMILES string of the molecule is Cn1nc(COC2CCC(N)CC2)c2ccccc21. The minimum absolute atomic E-state index is 0.348. The summed E-state index contributed by atoms with van der Waals surface area (Å²) in [5, 5.41) is 5.75. The van der Waals surface area contributed by atoms with Crippen LogP contribution in [0.2, 0.25) is 0 Å². The number of nitrogens with two attached hydrogens (primary N) is 1. The van der Waals surface area contributed by atoms with Crippen LogP contribution in [0.25, 0.3) is 10.9 Å². The van der Waals surface area contributed by atoms with Gasteiger partial charge in [0.2, 0.25) is 0 Å². The van der Waals surface area contributed by atoms with E-state index in [-0.39, 0.29) is 0 Å². The quantitative estimate of drug-likeness (QED) is 0.920. The van der Waals surface area contributed by atoms with E-state index in [1.807, 2.05) is 23.9 Å². The van der Waals surface area contributed by atoms with E-state index in [9.17, 15) is 0 Å². The zero-order chi connectivity index (χ0) is 13.2. The highest BCUT2D eigenvalue weighted by Gasteiger charge is 2.19. The van der Waals surface area contributed by atoms with Crippen LogP contribution >= 0.6 is 0 Å². The normalized spacial score (nSPS) is 23.9. The van der Waals surface area contributed by atoms with Gasteiger partial charge in [-0.1, -0.05) is 18.2 Å². The molecule has 4 heteroatoms. The third kappa shape index (κ3) is 2.65. The van der Waals surface area contributed by atoms with Crippen molar-refractivity contribution in [2.24, 2.45) is 12.8 Å². The molecule has 1 aliphatic rings. The number of rotatable bonds is 3. The molecule has 0 unspecified atom stereocenters. The van der Waals surface area contributed by atoms with Crippen LogP contribution < -0.4 is 5.73 Å². The molecule has 1 aromatic heterocycles. The van der Waals surface area contributed by atoms with E-state index in [0.717, 1.165) is 36.9 Å². The lowest BCUT2D eigenvalue weighted by molar-refractivity contribution is 0.0126. The van der Waals surface area contributed by atoms with Crippen molar-refractivity contribution in [1.82, 2.24) is 9.78 Å². The molecule has 1 aliphatic carbocycles. The summed E-state index contributed by atoms with van der Waals surface area (Å²) < 4.78 is 7.93. The zero-order valence-electron chi connectivity index (χ0n) is 11.4. The lowest BCUT2D eigenvalue weighted by Gasteiger charge is -2.25. The first-order valence-corrected chi connectivity index (χ1v) is 7.02. The third-order valence-electron chi connectivity index (χ3n) is 4.01. The highest BCUT2D eigenvalue weighted by Crippen LogP contribution is 2.23. The number of ether oxygens (including phenoxy) is 1. The molecule has 3 rings (SSSR count). The van der Waals surface area contributed by atoms with E-state index >= 15 is 0 Å². The number of aromatic nitrogens is 2. The van der Waals surface area contributed by atoms with Crippen molar-refractivity contribution in [3.8, 4) is 0 Å². The van der Waals surface area contributed by atoms with Crippen LogP contribution in [-0.2, 0) is 18.4 Å². The Bertz CT molecular complexity index is 556. The summed E-state index contributed by atoms with van der Waals surface area (Å²) in [6.45, 7) is 0.598. The van der Waals surface area contributed by atoms with Crippen LogP contribution in [0.1, 0.15) is 31.4 Å². The van der Waals surface area contributed by atoms with Crippen molar-refractivity contribution in [2.75, 3.05) is 0 Å². The predicted octanol–water partition coefficient (Wildman–Crippen LogP) is 2.36. The van der Waals surface area contributed by atoms with Gasteiger partial charge in [-0.05, 0) is 31.7 Å². The summed E-state index contributed by atoms with van der Waals surface area (Å²) in [5.74, 6) is 0. The second-order valence-electron chi connectivity index (χ2n) is 5.44. The van der Waals surface area contributed by atoms with Gasteiger partial charge in [0.1, 0.15) is 0 Å².